The van der Waals surface area contributed by atoms with Gasteiger partial charge < -0.3 is 0 Å². The van der Waals surface area contributed by atoms with E-state index >= 15 is 0 Å². The molecule has 1 rings (SSSR count). The molecule has 0 aliphatic rings. The van der Waals surface area contributed by atoms with Crippen LogP contribution in [0, 0.1) is 0 Å². The van der Waals surface area contributed by atoms with Gasteiger partial charge in [-0.1, -0.05) is 40.5 Å². The minimum absolute atomic E-state index is 0.424. The van der Waals surface area contributed by atoms with Gasteiger partial charge in [-0.3, -0.25) is 4.98 Å². The van der Waals surface area contributed by atoms with Gasteiger partial charge in [-0.15, -0.1) is 0 Å². The van der Waals surface area contributed by atoms with E-state index < -0.39 is 0 Å². The summed E-state index contributed by atoms with van der Waals surface area (Å²) >= 11 is 11.8. The zero-order chi connectivity index (χ0) is 11.1. The van der Waals surface area contributed by atoms with Gasteiger partial charge in [0, 0.05) is 29.4 Å². The van der Waals surface area contributed by atoms with Crippen LogP contribution in [0.25, 0.3) is 16.5 Å². The first kappa shape index (κ1) is 11.9. The number of rotatable bonds is 4. The predicted molar refractivity (Wildman–Crippen MR) is 61.9 cm³/mol. The molecule has 1 heterocycles. The molecule has 0 aromatic carbocycles. The van der Waals surface area contributed by atoms with Crippen molar-refractivity contribution in [2.75, 3.05) is 6.54 Å². The van der Waals surface area contributed by atoms with E-state index in [0.29, 0.717) is 23.0 Å². The zero-order valence-electron chi connectivity index (χ0n) is 7.77. The lowest BCUT2D eigenvalue weighted by atomic mass is 10.2. The molecule has 0 saturated heterocycles. The molecule has 0 radical (unpaired) electrons. The van der Waals surface area contributed by atoms with Crippen molar-refractivity contribution in [2.45, 2.75) is 6.42 Å². The summed E-state index contributed by atoms with van der Waals surface area (Å²) in [5.41, 5.74) is 8.79. The quantitative estimate of drug-likeness (QED) is 0.339. The van der Waals surface area contributed by atoms with Crippen LogP contribution in [-0.2, 0) is 0 Å². The largest absolute Gasteiger partial charge is 0.262 e. The molecule has 6 heteroatoms. The maximum Gasteiger partial charge on any atom is 0.0676 e. The molecule has 1 aromatic rings. The van der Waals surface area contributed by atoms with Gasteiger partial charge in [-0.05, 0) is 12.0 Å². The van der Waals surface area contributed by atoms with E-state index in [9.17, 15) is 0 Å². The first-order chi connectivity index (χ1) is 7.25. The van der Waals surface area contributed by atoms with Crippen molar-refractivity contribution in [3.63, 3.8) is 0 Å². The van der Waals surface area contributed by atoms with E-state index in [1.165, 1.54) is 12.4 Å². The van der Waals surface area contributed by atoms with Gasteiger partial charge in [-0.25, -0.2) is 0 Å². The Morgan fingerprint density at radius 3 is 2.67 bits per heavy atom. The fourth-order valence-corrected chi connectivity index (χ4v) is 1.45. The molecule has 0 N–H and O–H groups in total. The SMILES string of the molecule is [N-]=[N+]=NCCC=Cc1c(Cl)cncc1Cl. The monoisotopic (exact) mass is 242 g/mol. The molecule has 0 amide bonds. The van der Waals surface area contributed by atoms with E-state index in [1.807, 2.05) is 6.08 Å². The molecular formula is C9H8Cl2N4. The Kier molecular flexibility index (Phi) is 4.98. The highest BCUT2D eigenvalue weighted by molar-refractivity contribution is 6.36. The Morgan fingerprint density at radius 2 is 2.07 bits per heavy atom. The third kappa shape index (κ3) is 3.80. The van der Waals surface area contributed by atoms with Gasteiger partial charge in [0.2, 0.25) is 0 Å². The van der Waals surface area contributed by atoms with E-state index in [0.717, 1.165) is 5.56 Å². The summed E-state index contributed by atoms with van der Waals surface area (Å²) in [7, 11) is 0. The van der Waals surface area contributed by atoms with E-state index in [2.05, 4.69) is 15.0 Å². The summed E-state index contributed by atoms with van der Waals surface area (Å²) in [6.07, 6.45) is 7.35. The van der Waals surface area contributed by atoms with Crippen LogP contribution >= 0.6 is 23.2 Å². The number of azide groups is 1. The van der Waals surface area contributed by atoms with E-state index in [4.69, 9.17) is 28.7 Å². The smallest absolute Gasteiger partial charge is 0.0676 e. The van der Waals surface area contributed by atoms with Gasteiger partial charge in [0.1, 0.15) is 0 Å². The van der Waals surface area contributed by atoms with Crippen molar-refractivity contribution in [2.24, 2.45) is 5.11 Å². The normalized spacial score (nSPS) is 10.3. The Morgan fingerprint density at radius 1 is 1.40 bits per heavy atom. The Labute approximate surface area is 97.2 Å². The van der Waals surface area contributed by atoms with Crippen LogP contribution in [0.3, 0.4) is 0 Å². The van der Waals surface area contributed by atoms with Crippen molar-refractivity contribution >= 4 is 29.3 Å². The van der Waals surface area contributed by atoms with Crippen molar-refractivity contribution < 1.29 is 0 Å². The lowest BCUT2D eigenvalue weighted by Crippen LogP contribution is -1.81. The summed E-state index contributed by atoms with van der Waals surface area (Å²) in [6, 6.07) is 0. The van der Waals surface area contributed by atoms with E-state index in [-0.39, 0.29) is 0 Å². The first-order valence-corrected chi connectivity index (χ1v) is 4.97. The molecule has 0 spiro atoms. The number of halogens is 2. The van der Waals surface area contributed by atoms with Crippen molar-refractivity contribution in [3.05, 3.63) is 44.5 Å². The first-order valence-electron chi connectivity index (χ1n) is 4.22. The minimum Gasteiger partial charge on any atom is -0.262 e. The third-order valence-electron chi connectivity index (χ3n) is 1.63. The van der Waals surface area contributed by atoms with Gasteiger partial charge in [0.25, 0.3) is 0 Å². The zero-order valence-corrected chi connectivity index (χ0v) is 9.28. The summed E-state index contributed by atoms with van der Waals surface area (Å²) in [6.45, 7) is 0.424. The number of aromatic nitrogens is 1. The second-order valence-corrected chi connectivity index (χ2v) is 3.48. The molecule has 1 aromatic heterocycles. The maximum atomic E-state index is 8.05. The highest BCUT2D eigenvalue weighted by Gasteiger charge is 2.01. The van der Waals surface area contributed by atoms with Gasteiger partial charge in [-0.2, -0.15) is 0 Å². The molecule has 0 saturated carbocycles. The summed E-state index contributed by atoms with van der Waals surface area (Å²) in [4.78, 5) is 6.48. The number of hydrogen-bond acceptors (Lipinski definition) is 2. The number of nitrogens with zero attached hydrogens (tertiary/aromatic N) is 4. The molecule has 0 aliphatic carbocycles. The van der Waals surface area contributed by atoms with Gasteiger partial charge in [0.05, 0.1) is 10.0 Å². The molecule has 4 nitrogen and oxygen atoms in total. The Balaban J connectivity index is 2.67. The fraction of sp³-hybridized carbons (Fsp3) is 0.222. The fourth-order valence-electron chi connectivity index (χ4n) is 0.959. The summed E-state index contributed by atoms with van der Waals surface area (Å²) in [5, 5.41) is 4.40. The second kappa shape index (κ2) is 6.30. The standard InChI is InChI=1S/C9H8Cl2N4/c10-8-5-13-6-9(11)7(8)3-1-2-4-14-15-12/h1,3,5-6H,2,4H2. The van der Waals surface area contributed by atoms with Crippen molar-refractivity contribution in [1.82, 2.24) is 4.98 Å². The van der Waals surface area contributed by atoms with Crippen molar-refractivity contribution in [3.8, 4) is 0 Å². The molecule has 0 fully saturated rings. The molecular weight excluding hydrogens is 235 g/mol. The number of pyridine rings is 1. The molecule has 0 aliphatic heterocycles. The molecule has 15 heavy (non-hydrogen) atoms. The summed E-state index contributed by atoms with van der Waals surface area (Å²) < 4.78 is 0. The molecule has 0 atom stereocenters. The third-order valence-corrected chi connectivity index (χ3v) is 2.24. The van der Waals surface area contributed by atoms with E-state index in [1.54, 1.807) is 6.08 Å². The maximum absolute atomic E-state index is 8.05. The summed E-state index contributed by atoms with van der Waals surface area (Å²) in [5.74, 6) is 0. The lowest BCUT2D eigenvalue weighted by molar-refractivity contribution is 0.995. The van der Waals surface area contributed by atoms with Gasteiger partial charge in [0.15, 0.2) is 0 Å². The Hall–Kier alpha value is -1.22. The molecule has 0 bridgehead atoms. The van der Waals surface area contributed by atoms with Crippen LogP contribution in [0.15, 0.2) is 23.6 Å². The number of hydrogen-bond donors (Lipinski definition) is 0. The molecule has 78 valence electrons. The minimum atomic E-state index is 0.424. The van der Waals surface area contributed by atoms with Crippen LogP contribution in [-0.4, -0.2) is 11.5 Å². The molecule has 0 unspecified atom stereocenters. The van der Waals surface area contributed by atoms with Crippen molar-refractivity contribution in [1.29, 1.82) is 0 Å². The highest BCUT2D eigenvalue weighted by atomic mass is 35.5. The predicted octanol–water partition coefficient (Wildman–Crippen LogP) is 4.10. The van der Waals surface area contributed by atoms with Crippen LogP contribution in [0.5, 0.6) is 0 Å². The Bertz CT molecular complexity index is 390. The lowest BCUT2D eigenvalue weighted by Gasteiger charge is -1.99. The van der Waals surface area contributed by atoms with Gasteiger partial charge >= 0.3 is 0 Å². The van der Waals surface area contributed by atoms with Crippen LogP contribution < -0.4 is 0 Å². The average molecular weight is 243 g/mol. The van der Waals surface area contributed by atoms with Crippen LogP contribution in [0.1, 0.15) is 12.0 Å². The highest BCUT2D eigenvalue weighted by Crippen LogP contribution is 2.24. The van der Waals surface area contributed by atoms with Crippen LogP contribution in [0.4, 0.5) is 0 Å². The average Bonchev–Trinajstić information content (AvgIpc) is 2.21. The van der Waals surface area contributed by atoms with Crippen LogP contribution in [0.2, 0.25) is 10.0 Å². The topological polar surface area (TPSA) is 61.7 Å². The second-order valence-electron chi connectivity index (χ2n) is 2.66.